The van der Waals surface area contributed by atoms with E-state index in [1.54, 1.807) is 0 Å². The van der Waals surface area contributed by atoms with Crippen LogP contribution in [0.25, 0.3) is 0 Å². The molecule has 0 aromatic carbocycles. The Balaban J connectivity index is 1.71. The summed E-state index contributed by atoms with van der Waals surface area (Å²) in [6.07, 6.45) is 6.68. The van der Waals surface area contributed by atoms with Crippen molar-refractivity contribution >= 4 is 5.82 Å². The zero-order chi connectivity index (χ0) is 13.0. The van der Waals surface area contributed by atoms with E-state index in [0.717, 1.165) is 17.7 Å². The number of rotatable bonds is 2. The van der Waals surface area contributed by atoms with Gasteiger partial charge in [0.25, 0.3) is 0 Å². The third-order valence-corrected chi connectivity index (χ3v) is 5.38. The van der Waals surface area contributed by atoms with Gasteiger partial charge in [0, 0.05) is 5.92 Å². The average Bonchev–Trinajstić information content (AvgIpc) is 2.39. The minimum atomic E-state index is -0.352. The second-order valence-corrected chi connectivity index (χ2v) is 6.47. The number of nitrogens with two attached hydrogens (primary N) is 1. The van der Waals surface area contributed by atoms with E-state index in [1.807, 2.05) is 0 Å². The summed E-state index contributed by atoms with van der Waals surface area (Å²) < 4.78 is 0. The molecule has 4 aliphatic carbocycles. The van der Waals surface area contributed by atoms with Gasteiger partial charge < -0.3 is 5.43 Å². The molecule has 4 fully saturated rings. The Labute approximate surface area is 111 Å². The molecule has 0 saturated heterocycles. The molecule has 0 aliphatic heterocycles. The first kappa shape index (κ1) is 11.4. The van der Waals surface area contributed by atoms with Gasteiger partial charge in [-0.15, -0.1) is 0 Å². The maximum absolute atomic E-state index is 11.5. The highest BCUT2D eigenvalue weighted by atomic mass is 16.1. The number of nitrogen functional groups attached to an aromatic ring is 1. The number of aromatic nitrogens is 3. The van der Waals surface area contributed by atoms with Crippen molar-refractivity contribution in [3.8, 4) is 0 Å². The molecule has 0 atom stereocenters. The molecule has 0 amide bonds. The Kier molecular flexibility index (Phi) is 2.42. The highest BCUT2D eigenvalue weighted by Crippen LogP contribution is 2.59. The van der Waals surface area contributed by atoms with E-state index >= 15 is 0 Å². The number of anilines is 1. The monoisotopic (exact) mass is 261 g/mol. The Morgan fingerprint density at radius 1 is 1.11 bits per heavy atom. The Hall–Kier alpha value is -1.43. The van der Waals surface area contributed by atoms with Gasteiger partial charge in [-0.3, -0.25) is 4.79 Å². The van der Waals surface area contributed by atoms with Crippen LogP contribution in [-0.4, -0.2) is 15.2 Å². The minimum absolute atomic E-state index is 0.179. The van der Waals surface area contributed by atoms with Crippen LogP contribution in [0.4, 0.5) is 5.82 Å². The van der Waals surface area contributed by atoms with Crippen LogP contribution < -0.4 is 16.8 Å². The van der Waals surface area contributed by atoms with Crippen LogP contribution in [0.15, 0.2) is 4.79 Å². The molecule has 4 bridgehead atoms. The van der Waals surface area contributed by atoms with Gasteiger partial charge >= 0.3 is 5.56 Å². The molecule has 1 aromatic heterocycles. The van der Waals surface area contributed by atoms with E-state index in [2.05, 4.69) is 20.6 Å². The molecule has 0 radical (unpaired) electrons. The van der Waals surface area contributed by atoms with Crippen molar-refractivity contribution in [3.05, 3.63) is 16.2 Å². The molecule has 0 unspecified atom stereocenters. The molecule has 4 saturated carbocycles. The summed E-state index contributed by atoms with van der Waals surface area (Å²) in [5.41, 5.74) is 2.01. The molecule has 6 heteroatoms. The predicted molar refractivity (Wildman–Crippen MR) is 70.2 cm³/mol. The van der Waals surface area contributed by atoms with Crippen LogP contribution in [0.5, 0.6) is 0 Å². The second kappa shape index (κ2) is 4.03. The fourth-order valence-corrected chi connectivity index (χ4v) is 4.95. The summed E-state index contributed by atoms with van der Waals surface area (Å²) in [7, 11) is 0. The normalized spacial score (nSPS) is 39.5. The van der Waals surface area contributed by atoms with Crippen LogP contribution in [-0.2, 0) is 0 Å². The van der Waals surface area contributed by atoms with Crippen LogP contribution >= 0.6 is 0 Å². The zero-order valence-electron chi connectivity index (χ0n) is 10.8. The van der Waals surface area contributed by atoms with Crippen molar-refractivity contribution in [2.75, 3.05) is 5.43 Å². The molecule has 1 heterocycles. The Morgan fingerprint density at radius 3 is 2.32 bits per heavy atom. The molecule has 1 aromatic rings. The highest BCUT2D eigenvalue weighted by Gasteiger charge is 2.49. The van der Waals surface area contributed by atoms with E-state index < -0.39 is 0 Å². The quantitative estimate of drug-likeness (QED) is 0.545. The van der Waals surface area contributed by atoms with Crippen molar-refractivity contribution in [2.45, 2.75) is 38.0 Å². The van der Waals surface area contributed by atoms with Crippen LogP contribution in [0.2, 0.25) is 0 Å². The molecule has 102 valence electrons. The average molecular weight is 261 g/mol. The Bertz CT molecular complexity index is 526. The standard InChI is InChI=1S/C13H19N5O/c14-16-12-13(19)18-17-11(15-12)10-8-2-6-1-7(4-8)5-9(10)3-6/h6-10H,1-5,14H2,(H,18,19)(H,15,16,17). The van der Waals surface area contributed by atoms with Gasteiger partial charge in [-0.1, -0.05) is 0 Å². The van der Waals surface area contributed by atoms with Crippen LogP contribution in [0, 0.1) is 23.7 Å². The van der Waals surface area contributed by atoms with E-state index in [1.165, 1.54) is 32.1 Å². The molecule has 19 heavy (non-hydrogen) atoms. The number of aromatic amines is 1. The maximum Gasteiger partial charge on any atom is 0.308 e. The van der Waals surface area contributed by atoms with Gasteiger partial charge in [0.1, 0.15) is 0 Å². The fourth-order valence-electron chi connectivity index (χ4n) is 4.95. The first-order chi connectivity index (χ1) is 9.24. The number of hydrazine groups is 1. The topological polar surface area (TPSA) is 96.7 Å². The first-order valence-corrected chi connectivity index (χ1v) is 7.18. The summed E-state index contributed by atoms with van der Waals surface area (Å²) in [6, 6.07) is 0. The Morgan fingerprint density at radius 2 is 1.74 bits per heavy atom. The molecule has 6 nitrogen and oxygen atoms in total. The number of H-pyrrole nitrogens is 1. The lowest BCUT2D eigenvalue weighted by molar-refractivity contribution is -0.00595. The maximum atomic E-state index is 11.5. The summed E-state index contributed by atoms with van der Waals surface area (Å²) >= 11 is 0. The van der Waals surface area contributed by atoms with Gasteiger partial charge in [-0.25, -0.2) is 15.9 Å². The summed E-state index contributed by atoms with van der Waals surface area (Å²) in [6.45, 7) is 0. The summed E-state index contributed by atoms with van der Waals surface area (Å²) in [5.74, 6) is 9.96. The zero-order valence-corrected chi connectivity index (χ0v) is 10.8. The smallest absolute Gasteiger partial charge is 0.304 e. The minimum Gasteiger partial charge on any atom is -0.304 e. The van der Waals surface area contributed by atoms with E-state index in [4.69, 9.17) is 5.84 Å². The molecule has 5 rings (SSSR count). The van der Waals surface area contributed by atoms with E-state index in [-0.39, 0.29) is 11.4 Å². The predicted octanol–water partition coefficient (Wildman–Crippen LogP) is 0.990. The third-order valence-electron chi connectivity index (χ3n) is 5.38. The molecule has 4 aliphatic rings. The largest absolute Gasteiger partial charge is 0.308 e. The van der Waals surface area contributed by atoms with Crippen molar-refractivity contribution in [1.29, 1.82) is 0 Å². The number of hydrogen-bond donors (Lipinski definition) is 3. The third kappa shape index (κ3) is 1.69. The van der Waals surface area contributed by atoms with Crippen molar-refractivity contribution < 1.29 is 0 Å². The lowest BCUT2D eigenvalue weighted by Crippen LogP contribution is -2.44. The SMILES string of the molecule is NNc1nc(C2C3CC4CC(C3)CC2C4)n[nH]c1=O. The van der Waals surface area contributed by atoms with Gasteiger partial charge in [-0.2, -0.15) is 5.10 Å². The summed E-state index contributed by atoms with van der Waals surface area (Å²) in [4.78, 5) is 15.8. The lowest BCUT2D eigenvalue weighted by atomic mass is 9.52. The number of hydrogen-bond acceptors (Lipinski definition) is 5. The van der Waals surface area contributed by atoms with Gasteiger partial charge in [-0.05, 0) is 55.8 Å². The van der Waals surface area contributed by atoms with Gasteiger partial charge in [0.2, 0.25) is 5.82 Å². The summed E-state index contributed by atoms with van der Waals surface area (Å²) in [5, 5.41) is 6.71. The molecule has 4 N–H and O–H groups in total. The second-order valence-electron chi connectivity index (χ2n) is 6.47. The van der Waals surface area contributed by atoms with Crippen molar-refractivity contribution in [1.82, 2.24) is 15.2 Å². The number of nitrogens with one attached hydrogen (secondary N) is 2. The molecular weight excluding hydrogens is 242 g/mol. The van der Waals surface area contributed by atoms with Crippen molar-refractivity contribution in [2.24, 2.45) is 29.5 Å². The molecular formula is C13H19N5O. The van der Waals surface area contributed by atoms with E-state index in [0.29, 0.717) is 17.8 Å². The lowest BCUT2D eigenvalue weighted by Gasteiger charge is -2.53. The van der Waals surface area contributed by atoms with Gasteiger partial charge in [0.15, 0.2) is 5.82 Å². The molecule has 0 spiro atoms. The van der Waals surface area contributed by atoms with Crippen LogP contribution in [0.3, 0.4) is 0 Å². The number of nitrogens with zero attached hydrogens (tertiary/aromatic N) is 2. The van der Waals surface area contributed by atoms with Crippen LogP contribution in [0.1, 0.15) is 43.8 Å². The van der Waals surface area contributed by atoms with Crippen molar-refractivity contribution in [3.63, 3.8) is 0 Å². The van der Waals surface area contributed by atoms with Gasteiger partial charge in [0.05, 0.1) is 0 Å². The first-order valence-electron chi connectivity index (χ1n) is 7.18. The highest BCUT2D eigenvalue weighted by molar-refractivity contribution is 5.29. The van der Waals surface area contributed by atoms with E-state index in [9.17, 15) is 4.79 Å². The fraction of sp³-hybridized carbons (Fsp3) is 0.769.